The minimum absolute atomic E-state index is 0.0358. The lowest BCUT2D eigenvalue weighted by atomic mass is 9.95. The number of benzene rings is 3. The van der Waals surface area contributed by atoms with E-state index in [0.29, 0.717) is 37.2 Å². The number of amides is 1. The number of nitriles is 1. The van der Waals surface area contributed by atoms with E-state index >= 15 is 0 Å². The average Bonchev–Trinajstić information content (AvgIpc) is 3.19. The number of nitrogens with one attached hydrogen (secondary N) is 1. The Morgan fingerprint density at radius 3 is 2.33 bits per heavy atom. The van der Waals surface area contributed by atoms with Gasteiger partial charge in [0.15, 0.2) is 18.8 Å². The fourth-order valence-corrected chi connectivity index (χ4v) is 6.50. The molecule has 54 heavy (non-hydrogen) atoms. The highest BCUT2D eigenvalue weighted by Crippen LogP contribution is 2.36. The predicted molar refractivity (Wildman–Crippen MR) is 187 cm³/mol. The molecule has 288 valence electrons. The number of esters is 1. The first-order chi connectivity index (χ1) is 26.1. The lowest BCUT2D eigenvalue weighted by molar-refractivity contribution is -0.379. The molecule has 0 aliphatic carbocycles. The predicted octanol–water partition coefficient (Wildman–Crippen LogP) is 2.39. The highest BCUT2D eigenvalue weighted by atomic mass is 35.5. The van der Waals surface area contributed by atoms with E-state index in [1.54, 1.807) is 30.3 Å². The number of hydrogen-bond acceptors (Lipinski definition) is 14. The van der Waals surface area contributed by atoms with Gasteiger partial charge in [0.1, 0.15) is 61.2 Å². The molecule has 15 nitrogen and oxygen atoms in total. The standard InChI is InChI=1S/C38H41ClN2O13/c39-24-18-23(14-15-25(24)48-17-9-3-8-16-40)34(46)41-35-30(44)28(42)32(26(51-35)19-49-36(47)21-10-4-1-5-11-21)54-38-31(45)29(43)33-27(52-38)20-50-37(53-33)22-12-6-2-7-13-22/h1-2,4-7,10-15,18,26-33,35,37-38,42-45H,3,8-9,17,19-20H2,(H,41,46)/t26-,27-,28-,29-,30-,31-,32-,33-,35-,37?,38-/m1/s1. The van der Waals surface area contributed by atoms with Crippen molar-refractivity contribution in [3.8, 4) is 11.8 Å². The quantitative estimate of drug-likeness (QED) is 0.125. The largest absolute Gasteiger partial charge is 0.492 e. The molecule has 1 unspecified atom stereocenters. The summed E-state index contributed by atoms with van der Waals surface area (Å²) >= 11 is 6.36. The molecule has 3 aliphatic rings. The van der Waals surface area contributed by atoms with Crippen LogP contribution >= 0.6 is 11.6 Å². The van der Waals surface area contributed by atoms with Crippen LogP contribution in [0, 0.1) is 11.3 Å². The first-order valence-corrected chi connectivity index (χ1v) is 17.9. The number of aliphatic hydroxyl groups is 4. The molecule has 3 fully saturated rings. The maximum atomic E-state index is 13.3. The summed E-state index contributed by atoms with van der Waals surface area (Å²) in [6.07, 6.45) is -13.8. The second-order valence-electron chi connectivity index (χ2n) is 12.9. The first-order valence-electron chi connectivity index (χ1n) is 17.5. The van der Waals surface area contributed by atoms with Gasteiger partial charge >= 0.3 is 5.97 Å². The van der Waals surface area contributed by atoms with Gasteiger partial charge in [0, 0.05) is 17.5 Å². The SMILES string of the molecule is N#CCCCCOc1ccc(C(=O)N[C@@H]2O[C@H](COC(=O)c3ccccc3)[C@@H](O[C@H]3O[C@@H]4COC(c5ccccc5)O[C@H]4[C@H](O)[C@H]3O)[C@H](O)[C@H]2O)cc1Cl. The topological polar surface area (TPSA) is 215 Å². The molecule has 0 saturated carbocycles. The van der Waals surface area contributed by atoms with Crippen molar-refractivity contribution in [3.63, 3.8) is 0 Å². The number of hydrogen-bond donors (Lipinski definition) is 5. The molecule has 3 heterocycles. The van der Waals surface area contributed by atoms with Gasteiger partial charge in [-0.2, -0.15) is 5.26 Å². The zero-order chi connectivity index (χ0) is 38.2. The summed E-state index contributed by atoms with van der Waals surface area (Å²) < 4.78 is 40.9. The van der Waals surface area contributed by atoms with E-state index in [1.165, 1.54) is 30.3 Å². The number of halogens is 1. The number of carbonyl (C=O) groups is 2. The Balaban J connectivity index is 1.14. The Labute approximate surface area is 315 Å². The molecule has 0 spiro atoms. The first kappa shape index (κ1) is 39.5. The van der Waals surface area contributed by atoms with E-state index in [-0.39, 0.29) is 22.8 Å². The Hall–Kier alpha value is -4.18. The van der Waals surface area contributed by atoms with Crippen molar-refractivity contribution in [1.82, 2.24) is 5.32 Å². The summed E-state index contributed by atoms with van der Waals surface area (Å²) in [4.78, 5) is 26.2. The average molecular weight is 769 g/mol. The second-order valence-corrected chi connectivity index (χ2v) is 13.3. The molecule has 6 rings (SSSR count). The van der Waals surface area contributed by atoms with Gasteiger partial charge in [0.25, 0.3) is 5.91 Å². The summed E-state index contributed by atoms with van der Waals surface area (Å²) in [6.45, 7) is -0.235. The molecule has 3 saturated heterocycles. The van der Waals surface area contributed by atoms with Crippen molar-refractivity contribution in [1.29, 1.82) is 5.26 Å². The Morgan fingerprint density at radius 2 is 1.61 bits per heavy atom. The van der Waals surface area contributed by atoms with Crippen LogP contribution in [0.25, 0.3) is 0 Å². The summed E-state index contributed by atoms with van der Waals surface area (Å²) in [5.74, 6) is -1.11. The highest BCUT2D eigenvalue weighted by molar-refractivity contribution is 6.32. The van der Waals surface area contributed by atoms with Crippen molar-refractivity contribution < 1.29 is 63.2 Å². The molecule has 3 aromatic rings. The van der Waals surface area contributed by atoms with Crippen LogP contribution in [0.5, 0.6) is 5.75 Å². The zero-order valence-corrected chi connectivity index (χ0v) is 29.6. The Kier molecular flexibility index (Phi) is 13.5. The van der Waals surface area contributed by atoms with E-state index in [4.69, 9.17) is 50.0 Å². The molecule has 3 aliphatic heterocycles. The van der Waals surface area contributed by atoms with Gasteiger partial charge in [-0.3, -0.25) is 4.79 Å². The maximum absolute atomic E-state index is 13.3. The van der Waals surface area contributed by atoms with Gasteiger partial charge in [-0.05, 0) is 43.2 Å². The van der Waals surface area contributed by atoms with E-state index in [1.807, 2.05) is 18.2 Å². The van der Waals surface area contributed by atoms with Gasteiger partial charge in [0.2, 0.25) is 0 Å². The number of carbonyl (C=O) groups excluding carboxylic acids is 2. The summed E-state index contributed by atoms with van der Waals surface area (Å²) in [5, 5.41) is 56.1. The van der Waals surface area contributed by atoms with Crippen LogP contribution in [-0.4, -0.2) is 113 Å². The maximum Gasteiger partial charge on any atom is 0.338 e. The van der Waals surface area contributed by atoms with Gasteiger partial charge in [-0.1, -0.05) is 60.1 Å². The molecule has 0 bridgehead atoms. The lowest BCUT2D eigenvalue weighted by Gasteiger charge is -2.48. The van der Waals surface area contributed by atoms with Crippen LogP contribution in [0.4, 0.5) is 0 Å². The van der Waals surface area contributed by atoms with Crippen LogP contribution in [0.1, 0.15) is 51.8 Å². The number of aliphatic hydroxyl groups excluding tert-OH is 4. The summed E-state index contributed by atoms with van der Waals surface area (Å²) in [5.41, 5.74) is 1.02. The van der Waals surface area contributed by atoms with Crippen molar-refractivity contribution in [2.75, 3.05) is 19.8 Å². The van der Waals surface area contributed by atoms with Gasteiger partial charge in [-0.15, -0.1) is 0 Å². The molecule has 0 radical (unpaired) electrons. The third-order valence-electron chi connectivity index (χ3n) is 9.18. The monoisotopic (exact) mass is 768 g/mol. The molecule has 11 atom stereocenters. The molecular weight excluding hydrogens is 728 g/mol. The van der Waals surface area contributed by atoms with Crippen LogP contribution in [-0.2, 0) is 28.4 Å². The summed E-state index contributed by atoms with van der Waals surface area (Å²) in [6, 6.07) is 23.5. The lowest BCUT2D eigenvalue weighted by Crippen LogP contribution is -2.67. The number of unbranched alkanes of at least 4 members (excludes halogenated alkanes) is 2. The van der Waals surface area contributed by atoms with Gasteiger partial charge in [-0.25, -0.2) is 4.79 Å². The normalized spacial score (nSPS) is 30.7. The van der Waals surface area contributed by atoms with E-state index in [0.717, 1.165) is 0 Å². The third kappa shape index (κ3) is 9.36. The van der Waals surface area contributed by atoms with E-state index in [2.05, 4.69) is 11.4 Å². The molecule has 16 heteroatoms. The van der Waals surface area contributed by atoms with Crippen molar-refractivity contribution in [3.05, 3.63) is 101 Å². The molecule has 5 N–H and O–H groups in total. The molecular formula is C38H41ClN2O13. The van der Waals surface area contributed by atoms with Gasteiger partial charge < -0.3 is 58.9 Å². The number of fused-ring (bicyclic) bond motifs is 1. The van der Waals surface area contributed by atoms with Crippen LogP contribution in [0.2, 0.25) is 5.02 Å². The van der Waals surface area contributed by atoms with Crippen LogP contribution in [0.15, 0.2) is 78.9 Å². The molecule has 3 aromatic carbocycles. The Bertz CT molecular complexity index is 1750. The van der Waals surface area contributed by atoms with Crippen molar-refractivity contribution in [2.45, 2.75) is 86.9 Å². The minimum Gasteiger partial charge on any atom is -0.492 e. The van der Waals surface area contributed by atoms with Crippen molar-refractivity contribution in [2.24, 2.45) is 0 Å². The van der Waals surface area contributed by atoms with Crippen molar-refractivity contribution >= 4 is 23.5 Å². The molecule has 0 aromatic heterocycles. The fraction of sp³-hybridized carbons (Fsp3) is 0.447. The highest BCUT2D eigenvalue weighted by Gasteiger charge is 2.53. The smallest absolute Gasteiger partial charge is 0.338 e. The Morgan fingerprint density at radius 1 is 0.870 bits per heavy atom. The number of rotatable bonds is 13. The minimum atomic E-state index is -1.79. The fourth-order valence-electron chi connectivity index (χ4n) is 6.26. The summed E-state index contributed by atoms with van der Waals surface area (Å²) in [7, 11) is 0. The van der Waals surface area contributed by atoms with E-state index < -0.39 is 86.1 Å². The van der Waals surface area contributed by atoms with Crippen LogP contribution in [0.3, 0.4) is 0 Å². The van der Waals surface area contributed by atoms with E-state index in [9.17, 15) is 30.0 Å². The second kappa shape index (κ2) is 18.4. The zero-order valence-electron chi connectivity index (χ0n) is 28.9. The third-order valence-corrected chi connectivity index (χ3v) is 9.47. The number of nitrogens with zero attached hydrogens (tertiary/aromatic N) is 1. The van der Waals surface area contributed by atoms with Crippen LogP contribution < -0.4 is 10.1 Å². The number of ether oxygens (including phenoxy) is 7. The van der Waals surface area contributed by atoms with Gasteiger partial charge in [0.05, 0.1) is 29.9 Å². The molecule has 1 amide bonds.